The zero-order valence-corrected chi connectivity index (χ0v) is 17.1. The first-order valence-electron chi connectivity index (χ1n) is 8.19. The Kier molecular flexibility index (Phi) is 5.30. The van der Waals surface area contributed by atoms with Gasteiger partial charge in [0.05, 0.1) is 5.56 Å². The molecule has 2 aromatic carbocycles. The highest BCUT2D eigenvalue weighted by molar-refractivity contribution is 6.76. The van der Waals surface area contributed by atoms with Crippen LogP contribution in [0.1, 0.15) is 30.9 Å². The second-order valence-corrected chi connectivity index (χ2v) is 8.82. The Balaban J connectivity index is 2.05. The molecule has 142 valence electrons. The summed E-state index contributed by atoms with van der Waals surface area (Å²) in [5, 5.41) is 12.9. The van der Waals surface area contributed by atoms with Crippen molar-refractivity contribution < 1.29 is 14.3 Å². The van der Waals surface area contributed by atoms with Crippen LogP contribution in [0.4, 0.5) is 5.69 Å². The van der Waals surface area contributed by atoms with E-state index in [2.05, 4.69) is 24.1 Å². The van der Waals surface area contributed by atoms with Gasteiger partial charge >= 0.3 is 0 Å². The minimum absolute atomic E-state index is 0.00229. The number of hydrogen-bond donors (Lipinski definition) is 2. The minimum Gasteiger partial charge on any atom is -0.507 e. The van der Waals surface area contributed by atoms with Crippen LogP contribution < -0.4 is 5.32 Å². The molecule has 1 aromatic heterocycles. The van der Waals surface area contributed by atoms with E-state index < -0.39 is 9.70 Å². The third-order valence-corrected chi connectivity index (χ3v) is 4.64. The van der Waals surface area contributed by atoms with Gasteiger partial charge in [-0.25, -0.2) is 4.98 Å². The van der Waals surface area contributed by atoms with Gasteiger partial charge in [-0.1, -0.05) is 54.7 Å². The van der Waals surface area contributed by atoms with Gasteiger partial charge in [0.2, 0.25) is 5.89 Å². The van der Waals surface area contributed by atoms with E-state index in [4.69, 9.17) is 39.2 Å². The van der Waals surface area contributed by atoms with Crippen molar-refractivity contribution in [2.75, 3.05) is 5.32 Å². The highest BCUT2D eigenvalue weighted by Gasteiger charge is 2.31. The summed E-state index contributed by atoms with van der Waals surface area (Å²) >= 11 is 16.8. The van der Waals surface area contributed by atoms with E-state index in [9.17, 15) is 9.90 Å². The fraction of sp³-hybridized carbons (Fsp3) is 0.263. The van der Waals surface area contributed by atoms with Crippen LogP contribution in [0.2, 0.25) is 0 Å². The first-order chi connectivity index (χ1) is 12.6. The van der Waals surface area contributed by atoms with Gasteiger partial charge in [0.25, 0.3) is 9.70 Å². The zero-order chi connectivity index (χ0) is 19.9. The third-order valence-electron chi connectivity index (χ3n) is 4.12. The molecule has 1 amide bonds. The summed E-state index contributed by atoms with van der Waals surface area (Å²) in [6.45, 7) is 5.87. The molecule has 0 saturated carbocycles. The summed E-state index contributed by atoms with van der Waals surface area (Å²) in [7, 11) is 0. The van der Waals surface area contributed by atoms with Gasteiger partial charge in [0.15, 0.2) is 5.58 Å². The van der Waals surface area contributed by atoms with Crippen LogP contribution >= 0.6 is 34.8 Å². The van der Waals surface area contributed by atoms with Gasteiger partial charge in [0, 0.05) is 5.69 Å². The number of phenolic OH excluding ortho intramolecular Hbond substituents is 1. The van der Waals surface area contributed by atoms with Crippen molar-refractivity contribution in [2.45, 2.75) is 30.5 Å². The molecule has 0 bridgehead atoms. The number of phenols is 1. The molecule has 0 aliphatic carbocycles. The number of nitrogens with one attached hydrogen (secondary N) is 1. The van der Waals surface area contributed by atoms with Gasteiger partial charge < -0.3 is 14.8 Å². The first kappa shape index (κ1) is 19.8. The largest absolute Gasteiger partial charge is 0.507 e. The Morgan fingerprint density at radius 1 is 1.22 bits per heavy atom. The average molecular weight is 428 g/mol. The van der Waals surface area contributed by atoms with Gasteiger partial charge in [-0.05, 0) is 48.2 Å². The molecule has 2 N–H and O–H groups in total. The lowest BCUT2D eigenvalue weighted by Gasteiger charge is -2.13. The molecule has 0 spiro atoms. The van der Waals surface area contributed by atoms with Gasteiger partial charge in [-0.2, -0.15) is 0 Å². The number of oxazole rings is 1. The number of nitrogens with zero attached hydrogens (tertiary/aromatic N) is 1. The van der Waals surface area contributed by atoms with Gasteiger partial charge in [0.1, 0.15) is 11.3 Å². The Morgan fingerprint density at radius 3 is 2.56 bits per heavy atom. The lowest BCUT2D eigenvalue weighted by Crippen LogP contribution is -2.26. The summed E-state index contributed by atoms with van der Waals surface area (Å²) in [5.41, 5.74) is 3.61. The molecule has 0 aliphatic heterocycles. The van der Waals surface area contributed by atoms with E-state index in [0.717, 1.165) is 5.56 Å². The van der Waals surface area contributed by atoms with Crippen LogP contribution in [0, 0.1) is 6.92 Å². The SMILES string of the molecule is Cc1cc(NC(=O)C(Cl)(Cl)Cl)cc(-c2nc3cc(C(C)C)ccc3o2)c1O. The minimum atomic E-state index is -2.10. The summed E-state index contributed by atoms with van der Waals surface area (Å²) in [6, 6.07) is 8.85. The molecule has 0 atom stereocenters. The standard InChI is InChI=1S/C19H17Cl3N2O3/c1-9(2)11-4-5-15-14(7-11)24-17(27-15)13-8-12(6-10(3)16(13)25)23-18(26)19(20,21)22/h4-9,25H,1-3H3,(H,23,26). The monoisotopic (exact) mass is 426 g/mol. The molecule has 1 heterocycles. The number of alkyl halides is 3. The maximum absolute atomic E-state index is 11.9. The Labute approximate surface area is 171 Å². The summed E-state index contributed by atoms with van der Waals surface area (Å²) < 4.78 is 3.69. The summed E-state index contributed by atoms with van der Waals surface area (Å²) in [5.74, 6) is -0.220. The first-order valence-corrected chi connectivity index (χ1v) is 9.32. The Morgan fingerprint density at radius 2 is 1.93 bits per heavy atom. The van der Waals surface area contributed by atoms with Crippen LogP contribution in [-0.4, -0.2) is 19.8 Å². The van der Waals surface area contributed by atoms with E-state index in [0.29, 0.717) is 33.8 Å². The number of hydrogen-bond acceptors (Lipinski definition) is 4. The number of anilines is 1. The van der Waals surface area contributed by atoms with Crippen molar-refractivity contribution in [3.05, 3.63) is 41.5 Å². The summed E-state index contributed by atoms with van der Waals surface area (Å²) in [6.07, 6.45) is 0. The number of aromatic hydroxyl groups is 1. The van der Waals surface area contributed by atoms with Gasteiger partial charge in [-0.3, -0.25) is 4.79 Å². The van der Waals surface area contributed by atoms with Crippen molar-refractivity contribution in [1.29, 1.82) is 0 Å². The van der Waals surface area contributed by atoms with E-state index in [1.807, 2.05) is 18.2 Å². The number of rotatable bonds is 3. The highest BCUT2D eigenvalue weighted by atomic mass is 35.6. The molecule has 0 aliphatic rings. The van der Waals surface area contributed by atoms with Crippen LogP contribution in [-0.2, 0) is 4.79 Å². The molecule has 5 nitrogen and oxygen atoms in total. The fourth-order valence-corrected chi connectivity index (χ4v) is 2.78. The third kappa shape index (κ3) is 4.15. The number of benzene rings is 2. The Bertz CT molecular complexity index is 1020. The molecule has 0 saturated heterocycles. The molecule has 0 fully saturated rings. The summed E-state index contributed by atoms with van der Waals surface area (Å²) in [4.78, 5) is 16.4. The van der Waals surface area contributed by atoms with Crippen molar-refractivity contribution in [2.24, 2.45) is 0 Å². The highest BCUT2D eigenvalue weighted by Crippen LogP contribution is 2.37. The van der Waals surface area contributed by atoms with E-state index >= 15 is 0 Å². The van der Waals surface area contributed by atoms with Crippen LogP contribution in [0.5, 0.6) is 5.75 Å². The molecule has 27 heavy (non-hydrogen) atoms. The lowest BCUT2D eigenvalue weighted by atomic mass is 10.0. The normalized spacial score (nSPS) is 12.0. The molecule has 3 rings (SSSR count). The predicted octanol–water partition coefficient (Wildman–Crippen LogP) is 5.94. The van der Waals surface area contributed by atoms with E-state index in [1.54, 1.807) is 13.0 Å². The second kappa shape index (κ2) is 7.23. The van der Waals surface area contributed by atoms with Gasteiger partial charge in [-0.15, -0.1) is 0 Å². The van der Waals surface area contributed by atoms with E-state index in [-0.39, 0.29) is 11.6 Å². The number of amides is 1. The number of fused-ring (bicyclic) bond motifs is 1. The maximum atomic E-state index is 11.9. The molecule has 0 radical (unpaired) electrons. The Hall–Kier alpha value is -1.95. The number of carbonyl (C=O) groups excluding carboxylic acids is 1. The number of halogens is 3. The van der Waals surface area contributed by atoms with Crippen molar-refractivity contribution in [3.63, 3.8) is 0 Å². The number of aromatic nitrogens is 1. The molecule has 3 aromatic rings. The smallest absolute Gasteiger partial charge is 0.276 e. The van der Waals surface area contributed by atoms with Crippen molar-refractivity contribution >= 4 is 57.5 Å². The zero-order valence-electron chi connectivity index (χ0n) is 14.8. The number of carbonyl (C=O) groups is 1. The maximum Gasteiger partial charge on any atom is 0.276 e. The molecule has 8 heteroatoms. The van der Waals surface area contributed by atoms with Crippen LogP contribution in [0.3, 0.4) is 0 Å². The van der Waals surface area contributed by atoms with Crippen LogP contribution in [0.15, 0.2) is 34.7 Å². The molecular formula is C19H17Cl3N2O3. The van der Waals surface area contributed by atoms with E-state index in [1.165, 1.54) is 6.07 Å². The number of aryl methyl sites for hydroxylation is 1. The molecule has 0 unspecified atom stereocenters. The fourth-order valence-electron chi connectivity index (χ4n) is 2.64. The quantitative estimate of drug-likeness (QED) is 0.400. The van der Waals surface area contributed by atoms with Crippen molar-refractivity contribution in [1.82, 2.24) is 4.98 Å². The topological polar surface area (TPSA) is 75.4 Å². The predicted molar refractivity (Wildman–Crippen MR) is 109 cm³/mol. The lowest BCUT2D eigenvalue weighted by molar-refractivity contribution is -0.115. The van der Waals surface area contributed by atoms with Crippen LogP contribution in [0.25, 0.3) is 22.6 Å². The molecular weight excluding hydrogens is 411 g/mol. The van der Waals surface area contributed by atoms with Crippen molar-refractivity contribution in [3.8, 4) is 17.2 Å². The second-order valence-electron chi connectivity index (χ2n) is 6.54. The average Bonchev–Trinajstić information content (AvgIpc) is 2.99.